The molecule has 0 spiro atoms. The molecule has 4 nitrogen and oxygen atoms in total. The molecule has 0 unspecified atom stereocenters. The van der Waals surface area contributed by atoms with E-state index in [4.69, 9.17) is 0 Å². The lowest BCUT2D eigenvalue weighted by molar-refractivity contribution is -0.129. The summed E-state index contributed by atoms with van der Waals surface area (Å²) in [6.07, 6.45) is 2.03. The van der Waals surface area contributed by atoms with Gasteiger partial charge in [-0.3, -0.25) is 9.59 Å². The molecule has 2 atom stereocenters. The van der Waals surface area contributed by atoms with Crippen molar-refractivity contribution in [3.63, 3.8) is 0 Å². The molecular weight excluding hydrogens is 284 g/mol. The first-order valence-corrected chi connectivity index (χ1v) is 8.29. The van der Waals surface area contributed by atoms with Crippen molar-refractivity contribution in [3.8, 4) is 0 Å². The molecule has 1 aromatic rings. The Bertz CT molecular complexity index is 486. The molecule has 21 heavy (non-hydrogen) atoms. The van der Waals surface area contributed by atoms with E-state index in [-0.39, 0.29) is 23.8 Å². The third kappa shape index (κ3) is 5.42. The molecular formula is C16H24N2O2S. The zero-order chi connectivity index (χ0) is 16.0. The largest absolute Gasteiger partial charge is 0.348 e. The minimum Gasteiger partial charge on any atom is -0.348 e. The number of amides is 2. The van der Waals surface area contributed by atoms with Gasteiger partial charge < -0.3 is 10.6 Å². The first kappa shape index (κ1) is 17.6. The van der Waals surface area contributed by atoms with E-state index in [2.05, 4.69) is 10.6 Å². The van der Waals surface area contributed by atoms with Crippen molar-refractivity contribution in [2.45, 2.75) is 44.7 Å². The predicted octanol–water partition coefficient (Wildman–Crippen LogP) is 2.75. The van der Waals surface area contributed by atoms with Crippen LogP contribution >= 0.6 is 11.8 Å². The van der Waals surface area contributed by atoms with Crippen molar-refractivity contribution >= 4 is 23.6 Å². The highest BCUT2D eigenvalue weighted by Gasteiger charge is 2.24. The van der Waals surface area contributed by atoms with Gasteiger partial charge in [0.2, 0.25) is 11.8 Å². The summed E-state index contributed by atoms with van der Waals surface area (Å²) in [5, 5.41) is 5.66. The Morgan fingerprint density at radius 1 is 1.05 bits per heavy atom. The van der Waals surface area contributed by atoms with E-state index in [1.54, 1.807) is 11.8 Å². The molecule has 2 amide bonds. The van der Waals surface area contributed by atoms with Gasteiger partial charge in [0.15, 0.2) is 0 Å². The van der Waals surface area contributed by atoms with E-state index in [0.29, 0.717) is 0 Å². The van der Waals surface area contributed by atoms with Crippen LogP contribution in [0.15, 0.2) is 29.2 Å². The molecule has 5 heteroatoms. The van der Waals surface area contributed by atoms with Crippen LogP contribution in [-0.2, 0) is 9.59 Å². The van der Waals surface area contributed by atoms with E-state index in [1.807, 2.05) is 51.3 Å². The summed E-state index contributed by atoms with van der Waals surface area (Å²) in [7, 11) is 0. The van der Waals surface area contributed by atoms with Crippen molar-refractivity contribution < 1.29 is 9.59 Å². The maximum absolute atomic E-state index is 12.3. The van der Waals surface area contributed by atoms with Gasteiger partial charge in [0.05, 0.1) is 6.04 Å². The van der Waals surface area contributed by atoms with Gasteiger partial charge in [0.25, 0.3) is 0 Å². The van der Waals surface area contributed by atoms with Gasteiger partial charge in [-0.2, -0.15) is 0 Å². The molecule has 0 saturated carbocycles. The number of nitrogens with one attached hydrogen (secondary N) is 2. The van der Waals surface area contributed by atoms with Gasteiger partial charge in [-0.15, -0.1) is 11.8 Å². The normalized spacial score (nSPS) is 13.6. The van der Waals surface area contributed by atoms with Gasteiger partial charge in [-0.1, -0.05) is 26.0 Å². The van der Waals surface area contributed by atoms with Crippen molar-refractivity contribution in [1.82, 2.24) is 10.6 Å². The van der Waals surface area contributed by atoms with E-state index in [9.17, 15) is 9.59 Å². The third-order valence-corrected chi connectivity index (χ3v) is 4.03. The predicted molar refractivity (Wildman–Crippen MR) is 87.2 cm³/mol. The zero-order valence-electron chi connectivity index (χ0n) is 13.3. The molecule has 1 aromatic carbocycles. The Labute approximate surface area is 131 Å². The Balaban J connectivity index is 2.72. The molecule has 0 heterocycles. The summed E-state index contributed by atoms with van der Waals surface area (Å²) < 4.78 is 0. The third-order valence-electron chi connectivity index (χ3n) is 3.28. The first-order chi connectivity index (χ1) is 9.85. The molecule has 0 radical (unpaired) electrons. The Hall–Kier alpha value is -1.49. The van der Waals surface area contributed by atoms with E-state index < -0.39 is 6.04 Å². The van der Waals surface area contributed by atoms with Crippen LogP contribution in [0, 0.1) is 5.92 Å². The van der Waals surface area contributed by atoms with Crippen LogP contribution < -0.4 is 10.6 Å². The summed E-state index contributed by atoms with van der Waals surface area (Å²) in [6.45, 7) is 7.20. The van der Waals surface area contributed by atoms with Gasteiger partial charge in [0.1, 0.15) is 6.04 Å². The highest BCUT2D eigenvalue weighted by molar-refractivity contribution is 7.98. The number of carbonyl (C=O) groups excluding carboxylic acids is 2. The summed E-state index contributed by atoms with van der Waals surface area (Å²) in [4.78, 5) is 24.7. The van der Waals surface area contributed by atoms with Crippen molar-refractivity contribution in [2.75, 3.05) is 6.26 Å². The molecule has 116 valence electrons. The van der Waals surface area contributed by atoms with Crippen LogP contribution in [-0.4, -0.2) is 24.1 Å². The molecule has 0 aromatic heterocycles. The zero-order valence-corrected chi connectivity index (χ0v) is 14.1. The van der Waals surface area contributed by atoms with Gasteiger partial charge in [-0.25, -0.2) is 0 Å². The van der Waals surface area contributed by atoms with Crippen LogP contribution in [0.4, 0.5) is 0 Å². The average molecular weight is 308 g/mol. The monoisotopic (exact) mass is 308 g/mol. The lowest BCUT2D eigenvalue weighted by Gasteiger charge is -2.23. The SMILES string of the molecule is CSc1ccc([C@@H](C)NC(=O)[C@H](NC(C)=O)C(C)C)cc1. The second-order valence-corrected chi connectivity index (χ2v) is 6.31. The first-order valence-electron chi connectivity index (χ1n) is 7.06. The highest BCUT2D eigenvalue weighted by atomic mass is 32.2. The summed E-state index contributed by atoms with van der Waals surface area (Å²) >= 11 is 1.68. The van der Waals surface area contributed by atoms with Crippen molar-refractivity contribution in [2.24, 2.45) is 5.92 Å². The number of thioether (sulfide) groups is 1. The van der Waals surface area contributed by atoms with Crippen molar-refractivity contribution in [1.29, 1.82) is 0 Å². The number of hydrogen-bond acceptors (Lipinski definition) is 3. The average Bonchev–Trinajstić information content (AvgIpc) is 2.44. The lowest BCUT2D eigenvalue weighted by Crippen LogP contribution is -2.49. The molecule has 2 N–H and O–H groups in total. The summed E-state index contributed by atoms with van der Waals surface area (Å²) in [5.41, 5.74) is 1.05. The lowest BCUT2D eigenvalue weighted by atomic mass is 10.0. The summed E-state index contributed by atoms with van der Waals surface area (Å²) in [5.74, 6) is -0.303. The maximum atomic E-state index is 12.3. The fraction of sp³-hybridized carbons (Fsp3) is 0.500. The van der Waals surface area contributed by atoms with Crippen LogP contribution in [0.25, 0.3) is 0 Å². The molecule has 0 fully saturated rings. The smallest absolute Gasteiger partial charge is 0.243 e. The fourth-order valence-corrected chi connectivity index (χ4v) is 2.44. The van der Waals surface area contributed by atoms with Crippen LogP contribution in [0.1, 0.15) is 39.3 Å². The maximum Gasteiger partial charge on any atom is 0.243 e. The van der Waals surface area contributed by atoms with Gasteiger partial charge >= 0.3 is 0 Å². The van der Waals surface area contributed by atoms with Crippen LogP contribution in [0.5, 0.6) is 0 Å². The second-order valence-electron chi connectivity index (χ2n) is 5.43. The molecule has 0 aliphatic rings. The Morgan fingerprint density at radius 2 is 1.62 bits per heavy atom. The number of benzene rings is 1. The van der Waals surface area contributed by atoms with Gasteiger partial charge in [0, 0.05) is 11.8 Å². The van der Waals surface area contributed by atoms with E-state index in [0.717, 1.165) is 5.56 Å². The Morgan fingerprint density at radius 3 is 2.05 bits per heavy atom. The molecule has 0 aliphatic heterocycles. The number of hydrogen-bond donors (Lipinski definition) is 2. The minimum atomic E-state index is -0.504. The molecule has 1 rings (SSSR count). The Kier molecular flexibility index (Phi) is 6.75. The second kappa shape index (κ2) is 8.08. The minimum absolute atomic E-state index is 0.0416. The number of rotatable bonds is 6. The van der Waals surface area contributed by atoms with Crippen LogP contribution in [0.3, 0.4) is 0 Å². The summed E-state index contributed by atoms with van der Waals surface area (Å²) in [6, 6.07) is 7.50. The highest BCUT2D eigenvalue weighted by Crippen LogP contribution is 2.19. The van der Waals surface area contributed by atoms with E-state index in [1.165, 1.54) is 11.8 Å². The van der Waals surface area contributed by atoms with Crippen molar-refractivity contribution in [3.05, 3.63) is 29.8 Å². The number of carbonyl (C=O) groups is 2. The quantitative estimate of drug-likeness (QED) is 0.795. The van der Waals surface area contributed by atoms with Gasteiger partial charge in [-0.05, 0) is 36.8 Å². The fourth-order valence-electron chi connectivity index (χ4n) is 2.03. The topological polar surface area (TPSA) is 58.2 Å². The molecule has 0 bridgehead atoms. The standard InChI is InChI=1S/C16H24N2O2S/c1-10(2)15(18-12(4)19)16(20)17-11(3)13-6-8-14(21-5)9-7-13/h6-11,15H,1-5H3,(H,17,20)(H,18,19)/t11-,15-/m1/s1. The molecule has 0 saturated heterocycles. The van der Waals surface area contributed by atoms with E-state index >= 15 is 0 Å². The van der Waals surface area contributed by atoms with Crippen LogP contribution in [0.2, 0.25) is 0 Å². The molecule has 0 aliphatic carbocycles.